The van der Waals surface area contributed by atoms with Gasteiger partial charge in [-0.15, -0.1) is 0 Å². The molecule has 2 aromatic carbocycles. The van der Waals surface area contributed by atoms with Gasteiger partial charge < -0.3 is 10.8 Å². The van der Waals surface area contributed by atoms with E-state index in [1.807, 2.05) is 60.7 Å². The van der Waals surface area contributed by atoms with Crippen LogP contribution in [0.2, 0.25) is 0 Å². The number of aliphatic hydroxyl groups excluding tert-OH is 1. The van der Waals surface area contributed by atoms with Crippen molar-refractivity contribution in [2.75, 3.05) is 6.54 Å². The van der Waals surface area contributed by atoms with Crippen molar-refractivity contribution in [2.24, 2.45) is 5.73 Å². The molecule has 2 aromatic rings. The molecule has 0 radical (unpaired) electrons. The summed E-state index contributed by atoms with van der Waals surface area (Å²) in [5.41, 5.74) is 7.29. The SMILES string of the molecule is NCC(O)c1ccccc1.O=C(Cl)CCc1ccccc1. The monoisotopic (exact) mass is 305 g/mol. The van der Waals surface area contributed by atoms with Gasteiger partial charge in [0.15, 0.2) is 0 Å². The van der Waals surface area contributed by atoms with Gasteiger partial charge in [0.05, 0.1) is 6.10 Å². The second-order valence-electron chi connectivity index (χ2n) is 4.50. The van der Waals surface area contributed by atoms with Crippen molar-refractivity contribution in [3.05, 3.63) is 71.8 Å². The van der Waals surface area contributed by atoms with E-state index < -0.39 is 6.10 Å². The molecule has 112 valence electrons. The number of aryl methyl sites for hydroxylation is 1. The molecule has 0 saturated carbocycles. The fourth-order valence-electron chi connectivity index (χ4n) is 1.70. The van der Waals surface area contributed by atoms with E-state index in [1.54, 1.807) is 0 Å². The summed E-state index contributed by atoms with van der Waals surface area (Å²) < 4.78 is 0. The molecule has 4 heteroatoms. The van der Waals surface area contributed by atoms with Crippen LogP contribution in [0.25, 0.3) is 0 Å². The maximum atomic E-state index is 10.4. The quantitative estimate of drug-likeness (QED) is 0.835. The zero-order valence-electron chi connectivity index (χ0n) is 11.8. The molecule has 1 atom stereocenters. The number of hydrogen-bond donors (Lipinski definition) is 2. The van der Waals surface area contributed by atoms with Crippen LogP contribution in [0.5, 0.6) is 0 Å². The van der Waals surface area contributed by atoms with E-state index in [0.717, 1.165) is 17.5 Å². The summed E-state index contributed by atoms with van der Waals surface area (Å²) in [6.07, 6.45) is 0.649. The maximum Gasteiger partial charge on any atom is 0.221 e. The molecule has 0 heterocycles. The minimum absolute atomic E-state index is 0.270. The third kappa shape index (κ3) is 7.61. The summed E-state index contributed by atoms with van der Waals surface area (Å²) in [6, 6.07) is 19.2. The van der Waals surface area contributed by atoms with Crippen LogP contribution in [0, 0.1) is 0 Å². The van der Waals surface area contributed by atoms with Crippen LogP contribution < -0.4 is 5.73 Å². The molecular weight excluding hydrogens is 286 g/mol. The average Bonchev–Trinajstić information content (AvgIpc) is 2.54. The predicted molar refractivity (Wildman–Crippen MR) is 86.1 cm³/mol. The van der Waals surface area contributed by atoms with Gasteiger partial charge in [0.2, 0.25) is 5.24 Å². The molecule has 0 spiro atoms. The molecule has 21 heavy (non-hydrogen) atoms. The first-order valence-electron chi connectivity index (χ1n) is 6.78. The molecule has 0 aliphatic carbocycles. The summed E-state index contributed by atoms with van der Waals surface area (Å²) >= 11 is 5.19. The van der Waals surface area contributed by atoms with Crippen molar-refractivity contribution >= 4 is 16.8 Å². The lowest BCUT2D eigenvalue weighted by Gasteiger charge is -2.05. The Morgan fingerprint density at radius 3 is 2.05 bits per heavy atom. The van der Waals surface area contributed by atoms with Crippen molar-refractivity contribution in [3.8, 4) is 0 Å². The summed E-state index contributed by atoms with van der Waals surface area (Å²) in [5, 5.41) is 8.93. The highest BCUT2D eigenvalue weighted by Crippen LogP contribution is 2.08. The van der Waals surface area contributed by atoms with Crippen molar-refractivity contribution in [2.45, 2.75) is 18.9 Å². The van der Waals surface area contributed by atoms with Gasteiger partial charge >= 0.3 is 0 Å². The lowest BCUT2D eigenvalue weighted by atomic mass is 10.1. The molecule has 2 rings (SSSR count). The van der Waals surface area contributed by atoms with Crippen LogP contribution in [-0.4, -0.2) is 16.9 Å². The first-order valence-corrected chi connectivity index (χ1v) is 7.16. The molecule has 0 aromatic heterocycles. The Morgan fingerprint density at radius 1 is 1.05 bits per heavy atom. The average molecular weight is 306 g/mol. The number of hydrogen-bond acceptors (Lipinski definition) is 3. The molecule has 3 nitrogen and oxygen atoms in total. The van der Waals surface area contributed by atoms with Crippen molar-refractivity contribution < 1.29 is 9.90 Å². The van der Waals surface area contributed by atoms with Crippen molar-refractivity contribution in [1.29, 1.82) is 0 Å². The number of carbonyl (C=O) groups is 1. The van der Waals surface area contributed by atoms with Gasteiger partial charge in [-0.1, -0.05) is 60.7 Å². The minimum Gasteiger partial charge on any atom is -0.387 e. The number of rotatable bonds is 5. The summed E-state index contributed by atoms with van der Waals surface area (Å²) in [7, 11) is 0. The van der Waals surface area contributed by atoms with Crippen LogP contribution in [-0.2, 0) is 11.2 Å². The lowest BCUT2D eigenvalue weighted by Crippen LogP contribution is -2.10. The minimum atomic E-state index is -0.513. The standard InChI is InChI=1S/C9H9ClO.C8H11NO/c10-9(11)7-6-8-4-2-1-3-5-8;9-6-8(10)7-4-2-1-3-5-7/h1-5H,6-7H2;1-5,8,10H,6,9H2. The van der Waals surface area contributed by atoms with Gasteiger partial charge in [0, 0.05) is 13.0 Å². The largest absolute Gasteiger partial charge is 0.387 e. The lowest BCUT2D eigenvalue weighted by molar-refractivity contribution is -0.111. The molecule has 0 amide bonds. The van der Waals surface area contributed by atoms with Crippen molar-refractivity contribution in [3.63, 3.8) is 0 Å². The number of benzene rings is 2. The first kappa shape index (κ1) is 17.4. The van der Waals surface area contributed by atoms with E-state index in [-0.39, 0.29) is 11.8 Å². The van der Waals surface area contributed by atoms with Gasteiger partial charge in [0.1, 0.15) is 0 Å². The first-order chi connectivity index (χ1) is 10.1. The third-order valence-electron chi connectivity index (χ3n) is 2.86. The second kappa shape index (κ2) is 10.1. The van der Waals surface area contributed by atoms with E-state index in [4.69, 9.17) is 17.3 Å². The van der Waals surface area contributed by atoms with E-state index in [2.05, 4.69) is 0 Å². The predicted octanol–water partition coefficient (Wildman–Crippen LogP) is 3.06. The molecule has 1 unspecified atom stereocenters. The van der Waals surface area contributed by atoms with Crippen LogP contribution in [0.4, 0.5) is 0 Å². The summed E-state index contributed by atoms with van der Waals surface area (Å²) in [6.45, 7) is 0.282. The van der Waals surface area contributed by atoms with Crippen LogP contribution in [0.15, 0.2) is 60.7 Å². The number of aliphatic hydroxyl groups is 1. The Bertz CT molecular complexity index is 517. The molecule has 0 aliphatic heterocycles. The van der Waals surface area contributed by atoms with Gasteiger partial charge in [-0.25, -0.2) is 0 Å². The number of carbonyl (C=O) groups excluding carboxylic acids is 1. The fraction of sp³-hybridized carbons (Fsp3) is 0.235. The summed E-state index contributed by atoms with van der Waals surface area (Å²) in [4.78, 5) is 10.4. The topological polar surface area (TPSA) is 63.3 Å². The molecule has 0 bridgehead atoms. The molecule has 0 fully saturated rings. The van der Waals surface area contributed by atoms with E-state index in [1.165, 1.54) is 0 Å². The fourth-order valence-corrected chi connectivity index (χ4v) is 1.79. The Labute approximate surface area is 130 Å². The Morgan fingerprint density at radius 2 is 1.57 bits per heavy atom. The molecular formula is C17H20ClNO2. The van der Waals surface area contributed by atoms with E-state index >= 15 is 0 Å². The van der Waals surface area contributed by atoms with Gasteiger partial charge in [-0.2, -0.15) is 0 Å². The Balaban J connectivity index is 0.000000211. The van der Waals surface area contributed by atoms with Crippen LogP contribution in [0.3, 0.4) is 0 Å². The smallest absolute Gasteiger partial charge is 0.221 e. The molecule has 3 N–H and O–H groups in total. The van der Waals surface area contributed by atoms with E-state index in [0.29, 0.717) is 6.42 Å². The Hall–Kier alpha value is -1.68. The van der Waals surface area contributed by atoms with Crippen molar-refractivity contribution in [1.82, 2.24) is 0 Å². The van der Waals surface area contributed by atoms with Gasteiger partial charge in [0.25, 0.3) is 0 Å². The third-order valence-corrected chi connectivity index (χ3v) is 3.05. The van der Waals surface area contributed by atoms with E-state index in [9.17, 15) is 9.90 Å². The zero-order chi connectivity index (χ0) is 15.5. The Kier molecular flexibility index (Phi) is 8.36. The molecule has 0 aliphatic rings. The van der Waals surface area contributed by atoms with Crippen LogP contribution in [0.1, 0.15) is 23.7 Å². The number of nitrogens with two attached hydrogens (primary N) is 1. The van der Waals surface area contributed by atoms with Gasteiger partial charge in [-0.05, 0) is 29.1 Å². The molecule has 0 saturated heterocycles. The number of halogens is 1. The van der Waals surface area contributed by atoms with Gasteiger partial charge in [-0.3, -0.25) is 4.79 Å². The summed E-state index contributed by atoms with van der Waals surface area (Å²) in [5.74, 6) is 0. The highest BCUT2D eigenvalue weighted by atomic mass is 35.5. The normalized spacial score (nSPS) is 11.2. The maximum absolute atomic E-state index is 10.4. The zero-order valence-corrected chi connectivity index (χ0v) is 12.5. The highest BCUT2D eigenvalue weighted by molar-refractivity contribution is 6.63. The highest BCUT2D eigenvalue weighted by Gasteiger charge is 2.01. The second-order valence-corrected chi connectivity index (χ2v) is 4.92. The van der Waals surface area contributed by atoms with Crippen LogP contribution >= 0.6 is 11.6 Å².